The molecule has 3 nitrogen and oxygen atoms in total. The van der Waals surface area contributed by atoms with Gasteiger partial charge >= 0.3 is 0 Å². The van der Waals surface area contributed by atoms with Crippen molar-refractivity contribution < 1.29 is 4.74 Å². The highest BCUT2D eigenvalue weighted by Crippen LogP contribution is 2.25. The minimum Gasteiger partial charge on any atom is -0.493 e. The molecule has 0 aliphatic heterocycles. The summed E-state index contributed by atoms with van der Waals surface area (Å²) >= 11 is 0. The molecule has 0 amide bonds. The molecule has 0 saturated carbocycles. The fraction of sp³-hybridized carbons (Fsp3) is 0.611. The van der Waals surface area contributed by atoms with Crippen LogP contribution in [0.3, 0.4) is 0 Å². The van der Waals surface area contributed by atoms with Gasteiger partial charge in [-0.1, -0.05) is 32.0 Å². The molecule has 0 saturated heterocycles. The van der Waals surface area contributed by atoms with Crippen LogP contribution < -0.4 is 10.1 Å². The zero-order chi connectivity index (χ0) is 15.9. The molecule has 0 aliphatic carbocycles. The minimum absolute atomic E-state index is 0.267. The van der Waals surface area contributed by atoms with Gasteiger partial charge in [0.05, 0.1) is 18.1 Å². The molecule has 21 heavy (non-hydrogen) atoms. The van der Waals surface area contributed by atoms with Crippen LogP contribution in [0, 0.1) is 23.7 Å². The van der Waals surface area contributed by atoms with Crippen LogP contribution in [0.1, 0.15) is 51.7 Å². The maximum absolute atomic E-state index is 9.02. The first kappa shape index (κ1) is 17.5. The molecule has 0 atom stereocenters. The van der Waals surface area contributed by atoms with Crippen molar-refractivity contribution in [2.24, 2.45) is 5.41 Å². The maximum atomic E-state index is 9.02. The highest BCUT2D eigenvalue weighted by molar-refractivity contribution is 5.40. The van der Waals surface area contributed by atoms with Gasteiger partial charge in [0.25, 0.3) is 0 Å². The average Bonchev–Trinajstić information content (AvgIpc) is 2.43. The molecule has 1 rings (SSSR count). The topological polar surface area (TPSA) is 45.0 Å². The quantitative estimate of drug-likeness (QED) is 0.729. The summed E-state index contributed by atoms with van der Waals surface area (Å²) in [6.45, 7) is 11.8. The molecule has 1 N–H and O–H groups in total. The fourth-order valence-corrected chi connectivity index (χ4v) is 2.12. The summed E-state index contributed by atoms with van der Waals surface area (Å²) in [5.74, 6) is 0.986. The Morgan fingerprint density at radius 1 is 1.33 bits per heavy atom. The van der Waals surface area contributed by atoms with Crippen molar-refractivity contribution in [3.63, 3.8) is 0 Å². The molecule has 116 valence electrons. The van der Waals surface area contributed by atoms with E-state index < -0.39 is 0 Å². The Balaban J connectivity index is 2.59. The largest absolute Gasteiger partial charge is 0.493 e. The Kier molecular flexibility index (Phi) is 6.71. The monoisotopic (exact) mass is 288 g/mol. The number of ether oxygens (including phenoxy) is 1. The van der Waals surface area contributed by atoms with Crippen LogP contribution in [0.4, 0.5) is 0 Å². The summed E-state index contributed by atoms with van der Waals surface area (Å²) in [4.78, 5) is 0. The van der Waals surface area contributed by atoms with Crippen LogP contribution in [0.2, 0.25) is 0 Å². The first-order valence-corrected chi connectivity index (χ1v) is 7.71. The van der Waals surface area contributed by atoms with Crippen LogP contribution in [-0.2, 0) is 6.54 Å². The highest BCUT2D eigenvalue weighted by atomic mass is 16.5. The van der Waals surface area contributed by atoms with Crippen LogP contribution in [-0.4, -0.2) is 12.6 Å². The van der Waals surface area contributed by atoms with Gasteiger partial charge in [-0.05, 0) is 39.2 Å². The Labute approximate surface area is 129 Å². The number of aryl methyl sites for hydroxylation is 1. The molecule has 0 fully saturated rings. The second-order valence-corrected chi connectivity index (χ2v) is 6.55. The second kappa shape index (κ2) is 8.05. The van der Waals surface area contributed by atoms with Crippen LogP contribution in [0.25, 0.3) is 0 Å². The zero-order valence-electron chi connectivity index (χ0n) is 14.0. The summed E-state index contributed by atoms with van der Waals surface area (Å²) in [6, 6.07) is 9.04. The highest BCUT2D eigenvalue weighted by Gasteiger charge is 2.16. The maximum Gasteiger partial charge on any atom is 0.126 e. The van der Waals surface area contributed by atoms with Gasteiger partial charge in [-0.3, -0.25) is 0 Å². The smallest absolute Gasteiger partial charge is 0.126 e. The van der Waals surface area contributed by atoms with E-state index in [0.717, 1.165) is 30.7 Å². The van der Waals surface area contributed by atoms with E-state index in [1.807, 2.05) is 13.8 Å². The van der Waals surface area contributed by atoms with Crippen molar-refractivity contribution in [2.45, 2.75) is 60.0 Å². The molecule has 1 aromatic carbocycles. The molecule has 0 unspecified atom stereocenters. The van der Waals surface area contributed by atoms with E-state index in [1.54, 1.807) is 0 Å². The lowest BCUT2D eigenvalue weighted by Crippen LogP contribution is -2.22. The van der Waals surface area contributed by atoms with E-state index in [0.29, 0.717) is 12.6 Å². The summed E-state index contributed by atoms with van der Waals surface area (Å²) in [6.07, 6.45) is 1.75. The number of rotatable bonds is 8. The van der Waals surface area contributed by atoms with Crippen molar-refractivity contribution in [3.05, 3.63) is 29.3 Å². The van der Waals surface area contributed by atoms with E-state index in [-0.39, 0.29) is 5.41 Å². The number of nitrogens with one attached hydrogen (secondary N) is 1. The molecule has 0 aromatic heterocycles. The normalized spacial score (nSPS) is 11.5. The van der Waals surface area contributed by atoms with Crippen molar-refractivity contribution in [3.8, 4) is 11.8 Å². The molecular formula is C18H28N2O. The summed E-state index contributed by atoms with van der Waals surface area (Å²) in [5.41, 5.74) is 2.10. The third-order valence-electron chi connectivity index (χ3n) is 3.49. The minimum atomic E-state index is -0.267. The van der Waals surface area contributed by atoms with E-state index in [1.165, 1.54) is 5.56 Å². The van der Waals surface area contributed by atoms with E-state index in [4.69, 9.17) is 10.00 Å². The van der Waals surface area contributed by atoms with Gasteiger partial charge in [0.15, 0.2) is 0 Å². The average molecular weight is 288 g/mol. The Morgan fingerprint density at radius 3 is 2.67 bits per heavy atom. The molecule has 0 radical (unpaired) electrons. The molecule has 0 aliphatic rings. The fourth-order valence-electron chi connectivity index (χ4n) is 2.12. The summed E-state index contributed by atoms with van der Waals surface area (Å²) in [5, 5.41) is 12.5. The lowest BCUT2D eigenvalue weighted by atomic mass is 9.90. The first-order valence-electron chi connectivity index (χ1n) is 7.71. The van der Waals surface area contributed by atoms with Crippen molar-refractivity contribution in [1.82, 2.24) is 5.32 Å². The predicted octanol–water partition coefficient (Wildman–Crippen LogP) is 4.20. The third kappa shape index (κ3) is 6.18. The van der Waals surface area contributed by atoms with E-state index in [2.05, 4.69) is 50.4 Å². The standard InChI is InChI=1S/C18H28N2O/c1-14(2)20-12-16-9-6-8-15(3)17(16)21-11-7-10-18(4,5)13-19/h6,8-9,14,20H,7,10-12H2,1-5H3. The Hall–Kier alpha value is -1.53. The number of nitrogens with zero attached hydrogens (tertiary/aromatic N) is 1. The number of nitriles is 1. The summed E-state index contributed by atoms with van der Waals surface area (Å²) < 4.78 is 5.99. The Bertz CT molecular complexity index is 486. The van der Waals surface area contributed by atoms with Gasteiger partial charge in [-0.2, -0.15) is 5.26 Å². The molecule has 1 aromatic rings. The van der Waals surface area contributed by atoms with E-state index >= 15 is 0 Å². The molecule has 0 heterocycles. The van der Waals surface area contributed by atoms with Gasteiger partial charge in [-0.15, -0.1) is 0 Å². The number of benzene rings is 1. The SMILES string of the molecule is Cc1cccc(CNC(C)C)c1OCCCC(C)(C)C#N. The van der Waals surface area contributed by atoms with Gasteiger partial charge in [-0.25, -0.2) is 0 Å². The van der Waals surface area contributed by atoms with Gasteiger partial charge in [0.2, 0.25) is 0 Å². The number of hydrogen-bond acceptors (Lipinski definition) is 3. The predicted molar refractivity (Wildman–Crippen MR) is 87.3 cm³/mol. The lowest BCUT2D eigenvalue weighted by molar-refractivity contribution is 0.279. The second-order valence-electron chi connectivity index (χ2n) is 6.55. The number of para-hydroxylation sites is 1. The summed E-state index contributed by atoms with van der Waals surface area (Å²) in [7, 11) is 0. The van der Waals surface area contributed by atoms with Crippen molar-refractivity contribution in [1.29, 1.82) is 5.26 Å². The number of hydrogen-bond donors (Lipinski definition) is 1. The molecular weight excluding hydrogens is 260 g/mol. The van der Waals surface area contributed by atoms with Gasteiger partial charge < -0.3 is 10.1 Å². The molecule has 3 heteroatoms. The van der Waals surface area contributed by atoms with Crippen LogP contribution in [0.15, 0.2) is 18.2 Å². The lowest BCUT2D eigenvalue weighted by Gasteiger charge is -2.18. The van der Waals surface area contributed by atoms with Crippen LogP contribution in [0.5, 0.6) is 5.75 Å². The molecule has 0 spiro atoms. The Morgan fingerprint density at radius 2 is 2.05 bits per heavy atom. The van der Waals surface area contributed by atoms with Crippen molar-refractivity contribution in [2.75, 3.05) is 6.61 Å². The zero-order valence-corrected chi connectivity index (χ0v) is 14.0. The van der Waals surface area contributed by atoms with E-state index in [9.17, 15) is 0 Å². The third-order valence-corrected chi connectivity index (χ3v) is 3.49. The molecule has 0 bridgehead atoms. The van der Waals surface area contributed by atoms with Crippen LogP contribution >= 0.6 is 0 Å². The van der Waals surface area contributed by atoms with Crippen molar-refractivity contribution >= 4 is 0 Å². The van der Waals surface area contributed by atoms with Gasteiger partial charge in [0, 0.05) is 18.2 Å². The first-order chi connectivity index (χ1) is 9.85. The van der Waals surface area contributed by atoms with Gasteiger partial charge in [0.1, 0.15) is 5.75 Å².